The number of ether oxygens (including phenoxy) is 1. The van der Waals surface area contributed by atoms with E-state index >= 15 is 0 Å². The summed E-state index contributed by atoms with van der Waals surface area (Å²) in [4.78, 5) is 26.9. The number of carbonyl (C=O) groups excluding carboxylic acids is 1. The highest BCUT2D eigenvalue weighted by Crippen LogP contribution is 2.46. The fourth-order valence-corrected chi connectivity index (χ4v) is 6.39. The van der Waals surface area contributed by atoms with Crippen molar-refractivity contribution in [2.75, 3.05) is 36.2 Å². The van der Waals surface area contributed by atoms with Crippen LogP contribution in [0.1, 0.15) is 43.6 Å². The molecule has 1 aliphatic heterocycles. The van der Waals surface area contributed by atoms with Gasteiger partial charge in [0.25, 0.3) is 5.91 Å². The largest absolute Gasteiger partial charge is 0.491 e. The molecule has 9 nitrogen and oxygen atoms in total. The normalized spacial score (nSPS) is 12.7. The van der Waals surface area contributed by atoms with Gasteiger partial charge in [0.05, 0.1) is 30.8 Å². The topological polar surface area (TPSA) is 114 Å². The molecule has 0 saturated carbocycles. The molecule has 202 valence electrons. The number of amides is 1. The van der Waals surface area contributed by atoms with Crippen molar-refractivity contribution in [2.24, 2.45) is 5.92 Å². The van der Waals surface area contributed by atoms with E-state index in [2.05, 4.69) is 26.1 Å². The fourth-order valence-electron chi connectivity index (χ4n) is 4.20. The predicted octanol–water partition coefficient (Wildman–Crippen LogP) is 5.90. The zero-order chi connectivity index (χ0) is 27.3. The summed E-state index contributed by atoms with van der Waals surface area (Å²) in [6.07, 6.45) is 3.22. The monoisotopic (exact) mass is 557 g/mol. The van der Waals surface area contributed by atoms with Crippen LogP contribution in [0.2, 0.25) is 5.02 Å². The van der Waals surface area contributed by atoms with E-state index in [1.54, 1.807) is 12.1 Å². The Hall–Kier alpha value is -3.13. The summed E-state index contributed by atoms with van der Waals surface area (Å²) >= 11 is 6.43. The molecule has 0 unspecified atom stereocenters. The first-order chi connectivity index (χ1) is 18.3. The van der Waals surface area contributed by atoms with Crippen molar-refractivity contribution in [3.05, 3.63) is 58.7 Å². The van der Waals surface area contributed by atoms with Crippen LogP contribution in [0.3, 0.4) is 0 Å². The summed E-state index contributed by atoms with van der Waals surface area (Å²) in [6, 6.07) is 11.0. The molecule has 0 spiro atoms. The highest BCUT2D eigenvalue weighted by atomic mass is 35.5. The fraction of sp³-hybridized carbons (Fsp3) is 0.370. The lowest BCUT2D eigenvalue weighted by Crippen LogP contribution is -2.26. The molecule has 3 aromatic rings. The van der Waals surface area contributed by atoms with Crippen molar-refractivity contribution in [3.8, 4) is 5.75 Å². The Morgan fingerprint density at radius 1 is 1.13 bits per heavy atom. The molecule has 0 fully saturated rings. The quantitative estimate of drug-likeness (QED) is 0.197. The lowest BCUT2D eigenvalue weighted by atomic mass is 10.0. The van der Waals surface area contributed by atoms with Crippen molar-refractivity contribution in [1.29, 1.82) is 0 Å². The predicted molar refractivity (Wildman–Crippen MR) is 152 cm³/mol. The van der Waals surface area contributed by atoms with Gasteiger partial charge >= 0.3 is 0 Å². The van der Waals surface area contributed by atoms with Gasteiger partial charge in [-0.25, -0.2) is 10.5 Å². The highest BCUT2D eigenvalue weighted by molar-refractivity contribution is 7.71. The Morgan fingerprint density at radius 2 is 1.89 bits per heavy atom. The lowest BCUT2D eigenvalue weighted by molar-refractivity contribution is 0.0208. The number of anilines is 4. The Labute approximate surface area is 228 Å². The number of benzene rings is 2. The maximum atomic E-state index is 13.5. The van der Waals surface area contributed by atoms with Gasteiger partial charge in [0.2, 0.25) is 5.95 Å². The first kappa shape index (κ1) is 27.9. The van der Waals surface area contributed by atoms with Gasteiger partial charge in [0.1, 0.15) is 17.9 Å². The second-order valence-electron chi connectivity index (χ2n) is 9.38. The van der Waals surface area contributed by atoms with Gasteiger partial charge in [-0.05, 0) is 30.2 Å². The average molecular weight is 558 g/mol. The number of fused-ring (bicyclic) bond motifs is 1. The number of carbonyl (C=O) groups is 1. The Morgan fingerprint density at radius 3 is 2.63 bits per heavy atom. The summed E-state index contributed by atoms with van der Waals surface area (Å²) in [5.41, 5.74) is 5.13. The van der Waals surface area contributed by atoms with Crippen LogP contribution < -0.4 is 26.2 Å². The van der Waals surface area contributed by atoms with Crippen LogP contribution in [-0.2, 0) is 15.8 Å². The summed E-state index contributed by atoms with van der Waals surface area (Å²) in [7, 11) is -2.55. The second-order valence-corrected chi connectivity index (χ2v) is 13.3. The van der Waals surface area contributed by atoms with Gasteiger partial charge in [0.15, 0.2) is 5.82 Å². The number of halogens is 1. The summed E-state index contributed by atoms with van der Waals surface area (Å²) in [5, 5.41) is 7.53. The third kappa shape index (κ3) is 6.12. The molecule has 11 heteroatoms. The summed E-state index contributed by atoms with van der Waals surface area (Å²) in [5.74, 6) is 1.23. The van der Waals surface area contributed by atoms with Crippen molar-refractivity contribution < 1.29 is 18.9 Å². The molecule has 1 aliphatic rings. The molecular weight excluding hydrogens is 525 g/mol. The van der Waals surface area contributed by atoms with Crippen LogP contribution in [-0.4, -0.2) is 41.4 Å². The molecule has 38 heavy (non-hydrogen) atoms. The van der Waals surface area contributed by atoms with Crippen LogP contribution in [0.4, 0.5) is 23.1 Å². The number of hydrogen-bond donors (Lipinski definition) is 3. The first-order valence-electron chi connectivity index (χ1n) is 12.7. The van der Waals surface area contributed by atoms with Crippen molar-refractivity contribution in [1.82, 2.24) is 15.4 Å². The van der Waals surface area contributed by atoms with Crippen LogP contribution >= 0.6 is 18.7 Å². The molecule has 2 heterocycles. The molecule has 0 saturated heterocycles. The van der Waals surface area contributed by atoms with E-state index in [-0.39, 0.29) is 5.91 Å². The second kappa shape index (κ2) is 12.2. The third-order valence-corrected chi connectivity index (χ3v) is 9.88. The zero-order valence-corrected chi connectivity index (χ0v) is 23.7. The van der Waals surface area contributed by atoms with Crippen LogP contribution in [0, 0.1) is 5.92 Å². The molecule has 0 radical (unpaired) electrons. The minimum atomic E-state index is -2.55. The Bertz CT molecular complexity index is 1360. The van der Waals surface area contributed by atoms with E-state index < -0.39 is 7.14 Å². The van der Waals surface area contributed by atoms with Gasteiger partial charge in [0, 0.05) is 35.2 Å². The van der Waals surface area contributed by atoms with Crippen LogP contribution in [0.15, 0.2) is 42.6 Å². The standard InChI is InChI=1S/C27H33ClN5O4P/c1-5-38(35,6-2)23-10-8-7-9-21(23)30-25-20(28)15-29-27(32-25)31-22-12-11-19(18-13-14-36-24(18)22)26(34)33-37-16-17(3)4/h7-12,15,17H,5-6,13-14,16H2,1-4H3,(H,33,34)(H2,29,30,31,32). The molecule has 1 amide bonds. The molecule has 1 aromatic heterocycles. The van der Waals surface area contributed by atoms with Crippen molar-refractivity contribution in [2.45, 2.75) is 34.1 Å². The van der Waals surface area contributed by atoms with Crippen molar-refractivity contribution in [3.63, 3.8) is 0 Å². The van der Waals surface area contributed by atoms with Crippen LogP contribution in [0.25, 0.3) is 0 Å². The molecule has 0 bridgehead atoms. The minimum Gasteiger partial charge on any atom is -0.491 e. The molecule has 3 N–H and O–H groups in total. The number of hydroxylamine groups is 1. The first-order valence-corrected chi connectivity index (χ1v) is 15.2. The van der Waals surface area contributed by atoms with E-state index in [0.717, 1.165) is 10.9 Å². The van der Waals surface area contributed by atoms with Gasteiger partial charge in [-0.3, -0.25) is 9.63 Å². The van der Waals surface area contributed by atoms with Crippen molar-refractivity contribution >= 4 is 53.1 Å². The van der Waals surface area contributed by atoms with Gasteiger partial charge in [-0.15, -0.1) is 0 Å². The number of aromatic nitrogens is 2. The van der Waals surface area contributed by atoms with E-state index in [0.29, 0.717) is 77.4 Å². The molecule has 2 aromatic carbocycles. The zero-order valence-electron chi connectivity index (χ0n) is 22.0. The molecule has 4 rings (SSSR count). The maximum Gasteiger partial charge on any atom is 0.275 e. The third-order valence-electron chi connectivity index (χ3n) is 6.29. The number of rotatable bonds is 11. The summed E-state index contributed by atoms with van der Waals surface area (Å²) < 4.78 is 19.3. The summed E-state index contributed by atoms with van der Waals surface area (Å²) in [6.45, 7) is 8.77. The number of hydrogen-bond acceptors (Lipinski definition) is 8. The maximum absolute atomic E-state index is 13.5. The molecule has 0 aliphatic carbocycles. The van der Waals surface area contributed by atoms with Gasteiger partial charge in [-0.1, -0.05) is 51.4 Å². The van der Waals surface area contributed by atoms with Gasteiger partial charge < -0.3 is 19.9 Å². The average Bonchev–Trinajstić information content (AvgIpc) is 3.41. The van der Waals surface area contributed by atoms with Crippen LogP contribution in [0.5, 0.6) is 5.75 Å². The Balaban J connectivity index is 1.58. The minimum absolute atomic E-state index is 0.290. The molecular formula is C27H33ClN5O4P. The van der Waals surface area contributed by atoms with E-state index in [1.807, 2.05) is 52.0 Å². The number of nitrogens with one attached hydrogen (secondary N) is 3. The number of nitrogens with zero attached hydrogens (tertiary/aromatic N) is 2. The van der Waals surface area contributed by atoms with Gasteiger partial charge in [-0.2, -0.15) is 4.98 Å². The van der Waals surface area contributed by atoms with E-state index in [9.17, 15) is 9.36 Å². The smallest absolute Gasteiger partial charge is 0.275 e. The van der Waals surface area contributed by atoms with E-state index in [4.69, 9.17) is 21.2 Å². The SMILES string of the molecule is CCP(=O)(CC)c1ccccc1Nc1nc(Nc2ccc(C(=O)NOCC(C)C)c3c2OCC3)ncc1Cl. The lowest BCUT2D eigenvalue weighted by Gasteiger charge is -2.20. The molecule has 0 atom stereocenters. The Kier molecular flexibility index (Phi) is 8.92. The number of para-hydroxylation sites is 1. The highest BCUT2D eigenvalue weighted by Gasteiger charge is 2.26. The van der Waals surface area contributed by atoms with E-state index in [1.165, 1.54) is 6.20 Å².